The summed E-state index contributed by atoms with van der Waals surface area (Å²) in [7, 11) is 1.67. The Bertz CT molecular complexity index is 542. The Kier molecular flexibility index (Phi) is 5.07. The zero-order chi connectivity index (χ0) is 13.7. The van der Waals surface area contributed by atoms with Gasteiger partial charge in [-0.25, -0.2) is 0 Å². The van der Waals surface area contributed by atoms with Crippen molar-refractivity contribution in [1.82, 2.24) is 9.78 Å². The molecule has 4 nitrogen and oxygen atoms in total. The first-order valence-electron chi connectivity index (χ1n) is 5.88. The molecule has 6 heteroatoms. The van der Waals surface area contributed by atoms with Gasteiger partial charge in [-0.3, -0.25) is 4.68 Å². The van der Waals surface area contributed by atoms with Gasteiger partial charge < -0.3 is 10.1 Å². The number of anilines is 1. The summed E-state index contributed by atoms with van der Waals surface area (Å²) in [6.45, 7) is 1.98. The minimum absolute atomic E-state index is 0.607. The molecule has 102 valence electrons. The van der Waals surface area contributed by atoms with Gasteiger partial charge in [-0.1, -0.05) is 23.2 Å². The molecule has 0 fully saturated rings. The Labute approximate surface area is 122 Å². The van der Waals surface area contributed by atoms with E-state index in [1.165, 1.54) is 0 Å². The summed E-state index contributed by atoms with van der Waals surface area (Å²) in [5.74, 6) is 0. The van der Waals surface area contributed by atoms with E-state index < -0.39 is 0 Å². The Morgan fingerprint density at radius 1 is 1.37 bits per heavy atom. The standard InChI is InChI=1S/C13H15Cl2N3O/c1-19-5-4-18-9-12(8-17-18)16-7-10-6-11(14)2-3-13(10)15/h2-3,6,8-9,16H,4-5,7H2,1H3. The first-order valence-corrected chi connectivity index (χ1v) is 6.64. The number of halogens is 2. The molecule has 2 rings (SSSR count). The van der Waals surface area contributed by atoms with E-state index in [9.17, 15) is 0 Å². The van der Waals surface area contributed by atoms with Crippen molar-refractivity contribution in [1.29, 1.82) is 0 Å². The van der Waals surface area contributed by atoms with Crippen molar-refractivity contribution in [2.24, 2.45) is 0 Å². The lowest BCUT2D eigenvalue weighted by atomic mass is 10.2. The zero-order valence-electron chi connectivity index (χ0n) is 10.6. The SMILES string of the molecule is COCCn1cc(NCc2cc(Cl)ccc2Cl)cn1. The fourth-order valence-corrected chi connectivity index (χ4v) is 2.02. The van der Waals surface area contributed by atoms with E-state index >= 15 is 0 Å². The van der Waals surface area contributed by atoms with Crippen molar-refractivity contribution in [3.63, 3.8) is 0 Å². The van der Waals surface area contributed by atoms with Gasteiger partial charge >= 0.3 is 0 Å². The van der Waals surface area contributed by atoms with Crippen LogP contribution in [0.2, 0.25) is 10.0 Å². The number of methoxy groups -OCH3 is 1. The van der Waals surface area contributed by atoms with Gasteiger partial charge in [0.2, 0.25) is 0 Å². The van der Waals surface area contributed by atoms with E-state index in [2.05, 4.69) is 10.4 Å². The number of hydrogen-bond donors (Lipinski definition) is 1. The third kappa shape index (κ3) is 4.13. The molecule has 1 N–H and O–H groups in total. The number of rotatable bonds is 6. The molecular weight excluding hydrogens is 285 g/mol. The van der Waals surface area contributed by atoms with Crippen molar-refractivity contribution in [3.05, 3.63) is 46.2 Å². The van der Waals surface area contributed by atoms with Crippen LogP contribution in [-0.4, -0.2) is 23.5 Å². The molecule has 0 saturated carbocycles. The van der Waals surface area contributed by atoms with E-state index in [-0.39, 0.29) is 0 Å². The molecule has 2 aromatic rings. The van der Waals surface area contributed by atoms with Gasteiger partial charge in [0.05, 0.1) is 25.0 Å². The predicted octanol–water partition coefficient (Wildman–Crippen LogP) is 3.45. The predicted molar refractivity (Wildman–Crippen MR) is 77.9 cm³/mol. The molecule has 0 aliphatic rings. The Balaban J connectivity index is 1.94. The number of nitrogens with one attached hydrogen (secondary N) is 1. The van der Waals surface area contributed by atoms with Crippen LogP contribution >= 0.6 is 23.2 Å². The van der Waals surface area contributed by atoms with Gasteiger partial charge in [-0.15, -0.1) is 0 Å². The van der Waals surface area contributed by atoms with Crippen LogP contribution in [0.15, 0.2) is 30.6 Å². The van der Waals surface area contributed by atoms with Crippen LogP contribution < -0.4 is 5.32 Å². The molecule has 0 atom stereocenters. The maximum Gasteiger partial charge on any atom is 0.0729 e. The van der Waals surface area contributed by atoms with Gasteiger partial charge in [0.1, 0.15) is 0 Å². The van der Waals surface area contributed by atoms with Gasteiger partial charge in [0, 0.05) is 29.9 Å². The first-order chi connectivity index (χ1) is 9.19. The molecule has 0 saturated heterocycles. The molecule has 0 bridgehead atoms. The lowest BCUT2D eigenvalue weighted by Gasteiger charge is -2.06. The monoisotopic (exact) mass is 299 g/mol. The summed E-state index contributed by atoms with van der Waals surface area (Å²) < 4.78 is 6.82. The van der Waals surface area contributed by atoms with Crippen LogP contribution in [0.5, 0.6) is 0 Å². The molecule has 0 unspecified atom stereocenters. The molecule has 0 amide bonds. The number of hydrogen-bond acceptors (Lipinski definition) is 3. The van der Waals surface area contributed by atoms with Crippen LogP contribution in [-0.2, 0) is 17.8 Å². The Morgan fingerprint density at radius 3 is 3.00 bits per heavy atom. The maximum absolute atomic E-state index is 6.10. The first kappa shape index (κ1) is 14.2. The maximum atomic E-state index is 6.10. The molecular formula is C13H15Cl2N3O. The highest BCUT2D eigenvalue weighted by Crippen LogP contribution is 2.21. The smallest absolute Gasteiger partial charge is 0.0729 e. The van der Waals surface area contributed by atoms with Crippen LogP contribution in [0, 0.1) is 0 Å². The minimum Gasteiger partial charge on any atom is -0.383 e. The summed E-state index contributed by atoms with van der Waals surface area (Å²) in [5, 5.41) is 8.86. The third-order valence-corrected chi connectivity index (χ3v) is 3.25. The minimum atomic E-state index is 0.607. The molecule has 0 aliphatic carbocycles. The van der Waals surface area contributed by atoms with Gasteiger partial charge in [-0.05, 0) is 23.8 Å². The van der Waals surface area contributed by atoms with E-state index in [1.54, 1.807) is 25.4 Å². The molecule has 1 heterocycles. The van der Waals surface area contributed by atoms with Crippen LogP contribution in [0.4, 0.5) is 5.69 Å². The summed E-state index contributed by atoms with van der Waals surface area (Å²) >= 11 is 12.0. The van der Waals surface area contributed by atoms with Crippen LogP contribution in [0.1, 0.15) is 5.56 Å². The van der Waals surface area contributed by atoms with Crippen molar-refractivity contribution >= 4 is 28.9 Å². The zero-order valence-corrected chi connectivity index (χ0v) is 12.1. The van der Waals surface area contributed by atoms with Crippen LogP contribution in [0.25, 0.3) is 0 Å². The molecule has 1 aromatic carbocycles. The quantitative estimate of drug-likeness (QED) is 0.888. The summed E-state index contributed by atoms with van der Waals surface area (Å²) in [6, 6.07) is 5.42. The second kappa shape index (κ2) is 6.80. The fraction of sp³-hybridized carbons (Fsp3) is 0.308. The van der Waals surface area contributed by atoms with Crippen molar-refractivity contribution < 1.29 is 4.74 Å². The van der Waals surface area contributed by atoms with Crippen molar-refractivity contribution in [3.8, 4) is 0 Å². The topological polar surface area (TPSA) is 39.1 Å². The van der Waals surface area contributed by atoms with Crippen molar-refractivity contribution in [2.75, 3.05) is 19.0 Å². The highest BCUT2D eigenvalue weighted by Gasteiger charge is 2.03. The van der Waals surface area contributed by atoms with Gasteiger partial charge in [-0.2, -0.15) is 5.10 Å². The Hall–Kier alpha value is -1.23. The molecule has 0 spiro atoms. The molecule has 0 radical (unpaired) electrons. The Morgan fingerprint density at radius 2 is 2.21 bits per heavy atom. The second-order valence-electron chi connectivity index (χ2n) is 4.07. The largest absolute Gasteiger partial charge is 0.383 e. The summed E-state index contributed by atoms with van der Waals surface area (Å²) in [4.78, 5) is 0. The second-order valence-corrected chi connectivity index (χ2v) is 4.92. The molecule has 19 heavy (non-hydrogen) atoms. The fourth-order valence-electron chi connectivity index (χ4n) is 1.64. The van der Waals surface area contributed by atoms with E-state index in [4.69, 9.17) is 27.9 Å². The number of nitrogens with zero attached hydrogens (tertiary/aromatic N) is 2. The molecule has 0 aliphatic heterocycles. The van der Waals surface area contributed by atoms with Crippen molar-refractivity contribution in [2.45, 2.75) is 13.1 Å². The normalized spacial score (nSPS) is 10.7. The van der Waals surface area contributed by atoms with Gasteiger partial charge in [0.25, 0.3) is 0 Å². The van der Waals surface area contributed by atoms with E-state index in [1.807, 2.05) is 16.9 Å². The number of aromatic nitrogens is 2. The highest BCUT2D eigenvalue weighted by atomic mass is 35.5. The lowest BCUT2D eigenvalue weighted by Crippen LogP contribution is -2.04. The average molecular weight is 300 g/mol. The summed E-state index contributed by atoms with van der Waals surface area (Å²) in [6.07, 6.45) is 3.70. The van der Waals surface area contributed by atoms with Crippen LogP contribution in [0.3, 0.4) is 0 Å². The van der Waals surface area contributed by atoms with E-state index in [0.29, 0.717) is 23.2 Å². The number of ether oxygens (including phenoxy) is 1. The third-order valence-electron chi connectivity index (χ3n) is 2.65. The number of benzene rings is 1. The van der Waals surface area contributed by atoms with Gasteiger partial charge in [0.15, 0.2) is 0 Å². The van der Waals surface area contributed by atoms with E-state index in [0.717, 1.165) is 17.8 Å². The summed E-state index contributed by atoms with van der Waals surface area (Å²) in [5.41, 5.74) is 1.89. The highest BCUT2D eigenvalue weighted by molar-refractivity contribution is 6.33. The lowest BCUT2D eigenvalue weighted by molar-refractivity contribution is 0.183. The average Bonchev–Trinajstić information content (AvgIpc) is 2.85. The molecule has 1 aromatic heterocycles.